The zero-order valence-corrected chi connectivity index (χ0v) is 18.5. The largest absolute Gasteiger partial charge is 0.503 e. The van der Waals surface area contributed by atoms with Crippen molar-refractivity contribution in [1.29, 1.82) is 0 Å². The second kappa shape index (κ2) is 8.24. The summed E-state index contributed by atoms with van der Waals surface area (Å²) in [6.07, 6.45) is 1.42. The fourth-order valence-electron chi connectivity index (χ4n) is 3.99. The highest BCUT2D eigenvalue weighted by atomic mass is 35.5. The minimum absolute atomic E-state index is 0.0500. The van der Waals surface area contributed by atoms with Gasteiger partial charge in [0, 0.05) is 28.7 Å². The molecule has 0 aliphatic carbocycles. The molecular formula is C25H17ClN2O6. The van der Waals surface area contributed by atoms with Crippen molar-refractivity contribution in [1.82, 2.24) is 0 Å². The quantitative estimate of drug-likeness (QED) is 0.372. The highest BCUT2D eigenvalue weighted by Crippen LogP contribution is 2.42. The Kier molecular flexibility index (Phi) is 5.22. The van der Waals surface area contributed by atoms with Crippen LogP contribution < -0.4 is 10.2 Å². The molecule has 0 fully saturated rings. The summed E-state index contributed by atoms with van der Waals surface area (Å²) in [6, 6.07) is 15.1. The van der Waals surface area contributed by atoms with Crippen LogP contribution in [-0.4, -0.2) is 22.7 Å². The Morgan fingerprint density at radius 1 is 1.09 bits per heavy atom. The monoisotopic (exact) mass is 476 g/mol. The number of amides is 2. The molecule has 1 atom stereocenters. The van der Waals surface area contributed by atoms with Gasteiger partial charge < -0.3 is 19.3 Å². The predicted molar refractivity (Wildman–Crippen MR) is 125 cm³/mol. The first kappa shape index (κ1) is 21.5. The fraction of sp³-hybridized carbons (Fsp3) is 0.0800. The first-order valence-corrected chi connectivity index (χ1v) is 10.6. The molecule has 2 aromatic heterocycles. The minimum Gasteiger partial charge on any atom is -0.503 e. The summed E-state index contributed by atoms with van der Waals surface area (Å²) >= 11 is 6.03. The molecule has 4 aromatic rings. The summed E-state index contributed by atoms with van der Waals surface area (Å²) < 4.78 is 11.2. The summed E-state index contributed by atoms with van der Waals surface area (Å²) in [5.74, 6) is -2.13. The molecule has 2 N–H and O–H groups in total. The van der Waals surface area contributed by atoms with E-state index < -0.39 is 23.5 Å². The number of hydrogen-bond donors (Lipinski definition) is 2. The van der Waals surface area contributed by atoms with Crippen molar-refractivity contribution in [2.24, 2.45) is 0 Å². The van der Waals surface area contributed by atoms with E-state index in [-0.39, 0.29) is 23.0 Å². The van der Waals surface area contributed by atoms with Crippen LogP contribution in [0.15, 0.2) is 87.1 Å². The van der Waals surface area contributed by atoms with Crippen LogP contribution >= 0.6 is 11.6 Å². The molecule has 0 bridgehead atoms. The molecule has 9 heteroatoms. The summed E-state index contributed by atoms with van der Waals surface area (Å²) in [5, 5.41) is 14.5. The zero-order chi connectivity index (χ0) is 24.0. The molecule has 0 radical (unpaired) electrons. The second-order valence-electron chi connectivity index (χ2n) is 7.71. The van der Waals surface area contributed by atoms with Crippen molar-refractivity contribution in [3.8, 4) is 0 Å². The van der Waals surface area contributed by atoms with Crippen molar-refractivity contribution in [3.05, 3.63) is 94.8 Å². The van der Waals surface area contributed by atoms with Crippen molar-refractivity contribution >= 4 is 51.5 Å². The number of Topliss-reactive ketones (excluding diaryl/α,β-unsaturated/α-hetero) is 1. The average Bonchev–Trinajstić information content (AvgIpc) is 3.52. The molecule has 0 saturated carbocycles. The number of fused-ring (bicyclic) bond motifs is 1. The summed E-state index contributed by atoms with van der Waals surface area (Å²) in [7, 11) is 0. The number of benzene rings is 2. The smallest absolute Gasteiger partial charge is 0.294 e. The lowest BCUT2D eigenvalue weighted by molar-refractivity contribution is -0.117. The number of ketones is 1. The van der Waals surface area contributed by atoms with E-state index in [4.69, 9.17) is 20.4 Å². The minimum atomic E-state index is -1.03. The number of rotatable bonds is 5. The third-order valence-corrected chi connectivity index (χ3v) is 5.67. The Morgan fingerprint density at radius 2 is 1.85 bits per heavy atom. The number of halogens is 1. The molecule has 1 unspecified atom stereocenters. The zero-order valence-electron chi connectivity index (χ0n) is 17.7. The molecule has 170 valence electrons. The van der Waals surface area contributed by atoms with Crippen LogP contribution in [0, 0.1) is 0 Å². The number of carbonyl (C=O) groups is 3. The highest BCUT2D eigenvalue weighted by molar-refractivity contribution is 6.31. The van der Waals surface area contributed by atoms with E-state index in [1.807, 2.05) is 0 Å². The molecule has 5 rings (SSSR count). The SMILES string of the molecule is CC(=O)Nc1ccc(N2C(=O)C(O)=C(C(=O)c3cc4cc(Cl)ccc4o3)C2c2ccco2)cc1. The van der Waals surface area contributed by atoms with E-state index in [0.29, 0.717) is 27.4 Å². The van der Waals surface area contributed by atoms with Crippen LogP contribution in [0.2, 0.25) is 5.02 Å². The maximum atomic E-state index is 13.5. The molecule has 0 spiro atoms. The van der Waals surface area contributed by atoms with Crippen molar-refractivity contribution < 1.29 is 28.3 Å². The van der Waals surface area contributed by atoms with E-state index >= 15 is 0 Å². The van der Waals surface area contributed by atoms with Gasteiger partial charge in [-0.25, -0.2) is 0 Å². The number of anilines is 2. The maximum Gasteiger partial charge on any atom is 0.294 e. The highest BCUT2D eigenvalue weighted by Gasteiger charge is 2.46. The lowest BCUT2D eigenvalue weighted by Crippen LogP contribution is -2.30. The van der Waals surface area contributed by atoms with Crippen LogP contribution in [0.25, 0.3) is 11.0 Å². The molecule has 2 amide bonds. The Labute approximate surface area is 198 Å². The van der Waals surface area contributed by atoms with Crippen LogP contribution in [0.5, 0.6) is 0 Å². The van der Waals surface area contributed by atoms with Gasteiger partial charge >= 0.3 is 0 Å². The number of nitrogens with zero attached hydrogens (tertiary/aromatic N) is 1. The second-order valence-corrected chi connectivity index (χ2v) is 8.14. The summed E-state index contributed by atoms with van der Waals surface area (Å²) in [5.41, 5.74) is 1.20. The third kappa shape index (κ3) is 3.64. The number of carbonyl (C=O) groups excluding carboxylic acids is 3. The van der Waals surface area contributed by atoms with Crippen molar-refractivity contribution in [2.45, 2.75) is 13.0 Å². The Balaban J connectivity index is 1.58. The third-order valence-electron chi connectivity index (χ3n) is 5.43. The predicted octanol–water partition coefficient (Wildman–Crippen LogP) is 5.42. The molecule has 3 heterocycles. The fourth-order valence-corrected chi connectivity index (χ4v) is 4.17. The van der Waals surface area contributed by atoms with Gasteiger partial charge in [-0.2, -0.15) is 0 Å². The van der Waals surface area contributed by atoms with Gasteiger partial charge in [0.25, 0.3) is 5.91 Å². The summed E-state index contributed by atoms with van der Waals surface area (Å²) in [4.78, 5) is 39.2. The van der Waals surface area contributed by atoms with Crippen molar-refractivity contribution in [2.75, 3.05) is 10.2 Å². The van der Waals surface area contributed by atoms with Gasteiger partial charge in [0.2, 0.25) is 11.7 Å². The lowest BCUT2D eigenvalue weighted by Gasteiger charge is -2.25. The maximum absolute atomic E-state index is 13.5. The Hall–Kier alpha value is -4.30. The number of furan rings is 2. The molecule has 0 saturated heterocycles. The number of nitrogens with one attached hydrogen (secondary N) is 1. The van der Waals surface area contributed by atoms with E-state index in [0.717, 1.165) is 0 Å². The van der Waals surface area contributed by atoms with Crippen LogP contribution in [0.3, 0.4) is 0 Å². The Morgan fingerprint density at radius 3 is 2.53 bits per heavy atom. The molecular weight excluding hydrogens is 460 g/mol. The number of aliphatic hydroxyl groups is 1. The lowest BCUT2D eigenvalue weighted by atomic mass is 9.99. The number of hydrogen-bond acceptors (Lipinski definition) is 6. The normalized spacial score (nSPS) is 15.9. The molecule has 1 aliphatic rings. The van der Waals surface area contributed by atoms with Crippen LogP contribution in [0.4, 0.5) is 11.4 Å². The standard InChI is InChI=1S/C25H17ClN2O6/c1-13(29)27-16-5-7-17(8-6-16)28-22(19-3-2-10-33-19)21(24(31)25(28)32)23(30)20-12-14-11-15(26)4-9-18(14)34-20/h2-12,22,31H,1H3,(H,27,29). The van der Waals surface area contributed by atoms with Gasteiger partial charge in [0.1, 0.15) is 17.4 Å². The average molecular weight is 477 g/mol. The van der Waals surface area contributed by atoms with E-state index in [2.05, 4.69) is 5.32 Å². The van der Waals surface area contributed by atoms with Crippen LogP contribution in [0.1, 0.15) is 29.3 Å². The first-order valence-electron chi connectivity index (χ1n) is 10.2. The molecule has 1 aliphatic heterocycles. The van der Waals surface area contributed by atoms with E-state index in [1.54, 1.807) is 54.6 Å². The van der Waals surface area contributed by atoms with Crippen LogP contribution in [-0.2, 0) is 9.59 Å². The molecule has 8 nitrogen and oxygen atoms in total. The topological polar surface area (TPSA) is 113 Å². The molecule has 2 aromatic carbocycles. The van der Waals surface area contributed by atoms with Gasteiger partial charge in [-0.05, 0) is 60.7 Å². The summed E-state index contributed by atoms with van der Waals surface area (Å²) in [6.45, 7) is 1.39. The van der Waals surface area contributed by atoms with Gasteiger partial charge in [-0.15, -0.1) is 0 Å². The molecule has 34 heavy (non-hydrogen) atoms. The first-order chi connectivity index (χ1) is 16.3. The Bertz CT molecular complexity index is 1470. The van der Waals surface area contributed by atoms with Gasteiger partial charge in [0.15, 0.2) is 11.5 Å². The van der Waals surface area contributed by atoms with Gasteiger partial charge in [-0.3, -0.25) is 19.3 Å². The van der Waals surface area contributed by atoms with Crippen molar-refractivity contribution in [3.63, 3.8) is 0 Å². The van der Waals surface area contributed by atoms with E-state index in [1.165, 1.54) is 24.2 Å². The van der Waals surface area contributed by atoms with E-state index in [9.17, 15) is 19.5 Å². The number of aliphatic hydroxyl groups excluding tert-OH is 1. The van der Waals surface area contributed by atoms with Gasteiger partial charge in [-0.1, -0.05) is 11.6 Å². The van der Waals surface area contributed by atoms with Gasteiger partial charge in [0.05, 0.1) is 11.8 Å².